The summed E-state index contributed by atoms with van der Waals surface area (Å²) in [6.45, 7) is -0.104. The average Bonchev–Trinajstić information content (AvgIpc) is 2.87. The van der Waals surface area contributed by atoms with Crippen LogP contribution in [0.5, 0.6) is 0 Å². The van der Waals surface area contributed by atoms with Crippen molar-refractivity contribution < 1.29 is 22.8 Å². The van der Waals surface area contributed by atoms with Gasteiger partial charge in [0.05, 0.1) is 11.7 Å². The molecule has 24 heavy (non-hydrogen) atoms. The molecule has 132 valence electrons. The van der Waals surface area contributed by atoms with Gasteiger partial charge >= 0.3 is 12.1 Å². The number of carbonyl (C=O) groups is 2. The molecule has 0 saturated carbocycles. The second-order valence-corrected chi connectivity index (χ2v) is 6.48. The van der Waals surface area contributed by atoms with E-state index in [0.29, 0.717) is 12.8 Å². The van der Waals surface area contributed by atoms with Crippen LogP contribution in [0.3, 0.4) is 0 Å². The summed E-state index contributed by atoms with van der Waals surface area (Å²) in [7, 11) is 0. The van der Waals surface area contributed by atoms with Gasteiger partial charge in [0.1, 0.15) is 0 Å². The van der Waals surface area contributed by atoms with Gasteiger partial charge in [0.25, 0.3) is 0 Å². The molecule has 1 aromatic rings. The summed E-state index contributed by atoms with van der Waals surface area (Å²) in [6, 6.07) is 1.86. The summed E-state index contributed by atoms with van der Waals surface area (Å²) in [5.41, 5.74) is 1.97. The number of pyridine rings is 1. The maximum Gasteiger partial charge on any atom is 0.471 e. The first-order valence-electron chi connectivity index (χ1n) is 7.56. The Morgan fingerprint density at radius 1 is 1.33 bits per heavy atom. The maximum atomic E-state index is 12.0. The molecule has 2 rings (SSSR count). The summed E-state index contributed by atoms with van der Waals surface area (Å²) in [4.78, 5) is 26.9. The van der Waals surface area contributed by atoms with Gasteiger partial charge in [-0.25, -0.2) is 0 Å². The van der Waals surface area contributed by atoms with E-state index in [0.717, 1.165) is 28.6 Å². The number of hydrogen-bond acceptors (Lipinski definition) is 3. The first-order chi connectivity index (χ1) is 11.3. The van der Waals surface area contributed by atoms with Gasteiger partial charge < -0.3 is 10.6 Å². The lowest BCUT2D eigenvalue weighted by molar-refractivity contribution is -0.173. The zero-order chi connectivity index (χ0) is 17.7. The molecule has 1 heterocycles. The summed E-state index contributed by atoms with van der Waals surface area (Å²) >= 11 is 3.36. The van der Waals surface area contributed by atoms with Gasteiger partial charge in [-0.15, -0.1) is 0 Å². The van der Waals surface area contributed by atoms with Crippen LogP contribution in [0.1, 0.15) is 43.0 Å². The first kappa shape index (κ1) is 18.7. The lowest BCUT2D eigenvalue weighted by Crippen LogP contribution is -2.37. The van der Waals surface area contributed by atoms with Crippen LogP contribution in [-0.4, -0.2) is 29.5 Å². The molecule has 2 amide bonds. The third-order valence-corrected chi connectivity index (χ3v) is 4.14. The fourth-order valence-corrected chi connectivity index (χ4v) is 2.94. The van der Waals surface area contributed by atoms with E-state index >= 15 is 0 Å². The number of aromatic nitrogens is 1. The molecule has 1 aromatic heterocycles. The molecule has 1 unspecified atom stereocenters. The van der Waals surface area contributed by atoms with Crippen molar-refractivity contribution in [1.29, 1.82) is 0 Å². The van der Waals surface area contributed by atoms with Crippen LogP contribution in [0.4, 0.5) is 13.2 Å². The zero-order valence-electron chi connectivity index (χ0n) is 12.8. The fraction of sp³-hybridized carbons (Fsp3) is 0.533. The predicted octanol–water partition coefficient (Wildman–Crippen LogP) is 2.80. The number of aryl methyl sites for hydroxylation is 1. The molecule has 0 saturated heterocycles. The van der Waals surface area contributed by atoms with Gasteiger partial charge in [0.2, 0.25) is 5.91 Å². The molecule has 5 nitrogen and oxygen atoms in total. The number of fused-ring (bicyclic) bond motifs is 1. The van der Waals surface area contributed by atoms with Gasteiger partial charge in [0, 0.05) is 23.6 Å². The number of alkyl halides is 3. The van der Waals surface area contributed by atoms with Crippen LogP contribution in [0.2, 0.25) is 0 Å². The Morgan fingerprint density at radius 2 is 2.08 bits per heavy atom. The molecule has 1 aliphatic rings. The third kappa shape index (κ3) is 5.19. The van der Waals surface area contributed by atoms with Crippen LogP contribution in [0.15, 0.2) is 16.7 Å². The van der Waals surface area contributed by atoms with E-state index in [2.05, 4.69) is 26.2 Å². The number of amides is 2. The topological polar surface area (TPSA) is 71.1 Å². The number of nitrogens with one attached hydrogen (secondary N) is 2. The average molecular weight is 408 g/mol. The third-order valence-electron chi connectivity index (χ3n) is 3.71. The number of nitrogens with zero attached hydrogens (tertiary/aromatic N) is 1. The van der Waals surface area contributed by atoms with Crippen molar-refractivity contribution in [3.8, 4) is 0 Å². The fourth-order valence-electron chi connectivity index (χ4n) is 2.56. The van der Waals surface area contributed by atoms with Gasteiger partial charge in [0.15, 0.2) is 0 Å². The van der Waals surface area contributed by atoms with Crippen molar-refractivity contribution >= 4 is 27.7 Å². The van der Waals surface area contributed by atoms with Gasteiger partial charge in [-0.05, 0) is 53.2 Å². The molecule has 0 aliphatic heterocycles. The standard InChI is InChI=1S/C15H17BrF3N3O2/c16-10-7-9-4-5-11(13(9)21-8-10)22-12(23)3-1-2-6-20-14(24)15(17,18)19/h7-8,11H,1-6H2,(H,20,24)(H,22,23). The molecule has 1 aliphatic carbocycles. The lowest BCUT2D eigenvalue weighted by Gasteiger charge is -2.13. The highest BCUT2D eigenvalue weighted by Crippen LogP contribution is 2.30. The van der Waals surface area contributed by atoms with E-state index in [1.54, 1.807) is 11.5 Å². The molecule has 9 heteroatoms. The Kier molecular flexibility index (Phi) is 6.20. The minimum absolute atomic E-state index is 0.104. The van der Waals surface area contributed by atoms with Crippen molar-refractivity contribution in [2.45, 2.75) is 44.3 Å². The van der Waals surface area contributed by atoms with Crippen LogP contribution < -0.4 is 10.6 Å². The van der Waals surface area contributed by atoms with Gasteiger partial charge in [-0.2, -0.15) is 13.2 Å². The highest BCUT2D eigenvalue weighted by Gasteiger charge is 2.38. The number of hydrogen-bond donors (Lipinski definition) is 2. The van der Waals surface area contributed by atoms with Gasteiger partial charge in [-0.1, -0.05) is 0 Å². The first-order valence-corrected chi connectivity index (χ1v) is 8.35. The minimum atomic E-state index is -4.87. The lowest BCUT2D eigenvalue weighted by atomic mass is 10.2. The number of carbonyl (C=O) groups excluding carboxylic acids is 2. The SMILES string of the molecule is O=C(CCCCNC(=O)C(F)(F)F)NC1CCc2cc(Br)cnc21. The highest BCUT2D eigenvalue weighted by molar-refractivity contribution is 9.10. The van der Waals surface area contributed by atoms with E-state index in [-0.39, 0.29) is 24.9 Å². The molecule has 0 fully saturated rings. The van der Waals surface area contributed by atoms with E-state index < -0.39 is 12.1 Å². The van der Waals surface area contributed by atoms with Crippen molar-refractivity contribution in [3.63, 3.8) is 0 Å². The Morgan fingerprint density at radius 3 is 2.79 bits per heavy atom. The molecule has 2 N–H and O–H groups in total. The number of rotatable bonds is 6. The second-order valence-electron chi connectivity index (χ2n) is 5.57. The van der Waals surface area contributed by atoms with E-state index in [1.165, 1.54) is 0 Å². The van der Waals surface area contributed by atoms with Crippen molar-refractivity contribution in [2.24, 2.45) is 0 Å². The number of halogens is 4. The van der Waals surface area contributed by atoms with Crippen molar-refractivity contribution in [2.75, 3.05) is 6.54 Å². The predicted molar refractivity (Wildman–Crippen MR) is 84.1 cm³/mol. The molecular weight excluding hydrogens is 391 g/mol. The van der Waals surface area contributed by atoms with Gasteiger partial charge in [-0.3, -0.25) is 14.6 Å². The smallest absolute Gasteiger partial charge is 0.348 e. The van der Waals surface area contributed by atoms with Crippen LogP contribution in [-0.2, 0) is 16.0 Å². The molecule has 0 aromatic carbocycles. The number of unbranched alkanes of at least 4 members (excludes halogenated alkanes) is 1. The largest absolute Gasteiger partial charge is 0.471 e. The molecular formula is C15H17BrF3N3O2. The monoisotopic (exact) mass is 407 g/mol. The van der Waals surface area contributed by atoms with Crippen LogP contribution in [0.25, 0.3) is 0 Å². The summed E-state index contributed by atoms with van der Waals surface area (Å²) in [5.74, 6) is -2.12. The van der Waals surface area contributed by atoms with E-state index in [9.17, 15) is 22.8 Å². The summed E-state index contributed by atoms with van der Waals surface area (Å²) in [5, 5.41) is 4.67. The molecule has 0 bridgehead atoms. The normalized spacial score (nSPS) is 16.6. The summed E-state index contributed by atoms with van der Waals surface area (Å²) < 4.78 is 36.8. The summed E-state index contributed by atoms with van der Waals surface area (Å²) in [6.07, 6.45) is -0.645. The molecule has 0 radical (unpaired) electrons. The Hall–Kier alpha value is -1.64. The molecule has 1 atom stereocenters. The van der Waals surface area contributed by atoms with E-state index in [1.807, 2.05) is 6.07 Å². The van der Waals surface area contributed by atoms with Crippen molar-refractivity contribution in [1.82, 2.24) is 15.6 Å². The Bertz CT molecular complexity index is 622. The van der Waals surface area contributed by atoms with Crippen LogP contribution >= 0.6 is 15.9 Å². The Labute approximate surface area is 145 Å². The minimum Gasteiger partial charge on any atom is -0.348 e. The van der Waals surface area contributed by atoms with E-state index in [4.69, 9.17) is 0 Å². The quantitative estimate of drug-likeness (QED) is 0.712. The van der Waals surface area contributed by atoms with Crippen molar-refractivity contribution in [3.05, 3.63) is 28.0 Å². The zero-order valence-corrected chi connectivity index (χ0v) is 14.3. The Balaban J connectivity index is 1.67. The highest BCUT2D eigenvalue weighted by atomic mass is 79.9. The van der Waals surface area contributed by atoms with Crippen LogP contribution in [0, 0.1) is 0 Å². The molecule has 0 spiro atoms. The second kappa shape index (κ2) is 7.96. The maximum absolute atomic E-state index is 12.0.